The summed E-state index contributed by atoms with van der Waals surface area (Å²) in [5.41, 5.74) is 3.05. The first-order chi connectivity index (χ1) is 10.3. The molecule has 0 unspecified atom stereocenters. The molecule has 0 atom stereocenters. The van der Waals surface area contributed by atoms with Gasteiger partial charge in [0.25, 0.3) is 0 Å². The predicted molar refractivity (Wildman–Crippen MR) is 82.6 cm³/mol. The van der Waals surface area contributed by atoms with E-state index >= 15 is 0 Å². The Bertz CT molecular complexity index is 596. The Hall–Kier alpha value is -2.14. The summed E-state index contributed by atoms with van der Waals surface area (Å²) in [6, 6.07) is 8.00. The van der Waals surface area contributed by atoms with Gasteiger partial charge in [-0.2, -0.15) is 0 Å². The van der Waals surface area contributed by atoms with Gasteiger partial charge < -0.3 is 15.0 Å². The van der Waals surface area contributed by atoms with E-state index < -0.39 is 0 Å². The summed E-state index contributed by atoms with van der Waals surface area (Å²) in [7, 11) is 0. The molecule has 1 aliphatic heterocycles. The van der Waals surface area contributed by atoms with Crippen molar-refractivity contribution in [2.45, 2.75) is 13.5 Å². The predicted octanol–water partition coefficient (Wildman–Crippen LogP) is 1.77. The minimum Gasteiger partial charge on any atom is -0.486 e. The van der Waals surface area contributed by atoms with E-state index in [4.69, 9.17) is 4.74 Å². The van der Waals surface area contributed by atoms with Gasteiger partial charge in [-0.05, 0) is 19.1 Å². The van der Waals surface area contributed by atoms with E-state index in [2.05, 4.69) is 20.2 Å². The van der Waals surface area contributed by atoms with Crippen LogP contribution in [0.25, 0.3) is 0 Å². The molecule has 0 aromatic carbocycles. The number of rotatable bonds is 4. The van der Waals surface area contributed by atoms with Gasteiger partial charge in [-0.15, -0.1) is 0 Å². The average molecular weight is 284 g/mol. The number of aryl methyl sites for hydroxylation is 1. The number of hydrogen-bond acceptors (Lipinski definition) is 5. The van der Waals surface area contributed by atoms with Crippen molar-refractivity contribution in [3.8, 4) is 5.75 Å². The quantitative estimate of drug-likeness (QED) is 0.927. The highest BCUT2D eigenvalue weighted by Gasteiger charge is 2.11. The molecule has 0 spiro atoms. The molecule has 0 aliphatic carbocycles. The van der Waals surface area contributed by atoms with Crippen molar-refractivity contribution in [3.63, 3.8) is 0 Å². The summed E-state index contributed by atoms with van der Waals surface area (Å²) in [4.78, 5) is 11.0. The van der Waals surface area contributed by atoms with Crippen LogP contribution in [0.1, 0.15) is 11.4 Å². The van der Waals surface area contributed by atoms with Crippen molar-refractivity contribution in [1.82, 2.24) is 15.3 Å². The van der Waals surface area contributed by atoms with E-state index in [9.17, 15) is 0 Å². The maximum absolute atomic E-state index is 5.81. The fourth-order valence-electron chi connectivity index (χ4n) is 2.42. The van der Waals surface area contributed by atoms with Gasteiger partial charge in [0, 0.05) is 37.9 Å². The zero-order valence-electron chi connectivity index (χ0n) is 12.2. The van der Waals surface area contributed by atoms with E-state index in [1.165, 1.54) is 0 Å². The molecule has 0 amide bonds. The standard InChI is InChI=1S/C16H20N4O/c1-13-3-2-4-14(19-13)12-21-16-9-15(10-18-11-16)20-7-5-17-6-8-20/h2-4,9-11,17H,5-8,12H2,1H3. The zero-order chi connectivity index (χ0) is 14.5. The number of aromatic nitrogens is 2. The van der Waals surface area contributed by atoms with Gasteiger partial charge >= 0.3 is 0 Å². The second-order valence-corrected chi connectivity index (χ2v) is 5.17. The molecule has 1 saturated heterocycles. The minimum atomic E-state index is 0.467. The first kappa shape index (κ1) is 13.8. The third kappa shape index (κ3) is 3.70. The highest BCUT2D eigenvalue weighted by atomic mass is 16.5. The van der Waals surface area contributed by atoms with Crippen LogP contribution >= 0.6 is 0 Å². The maximum atomic E-state index is 5.81. The van der Waals surface area contributed by atoms with Crippen LogP contribution in [0.3, 0.4) is 0 Å². The number of nitrogens with zero attached hydrogens (tertiary/aromatic N) is 3. The number of piperazine rings is 1. The van der Waals surface area contributed by atoms with Gasteiger partial charge in [-0.1, -0.05) is 6.07 Å². The van der Waals surface area contributed by atoms with Gasteiger partial charge in [0.2, 0.25) is 0 Å². The molecule has 1 fully saturated rings. The fraction of sp³-hybridized carbons (Fsp3) is 0.375. The summed E-state index contributed by atoms with van der Waals surface area (Å²) >= 11 is 0. The van der Waals surface area contributed by atoms with Gasteiger partial charge in [-0.25, -0.2) is 0 Å². The van der Waals surface area contributed by atoms with E-state index in [0.29, 0.717) is 6.61 Å². The third-order valence-electron chi connectivity index (χ3n) is 3.51. The Morgan fingerprint density at radius 1 is 1.24 bits per heavy atom. The molecule has 2 aromatic heterocycles. The van der Waals surface area contributed by atoms with Crippen LogP contribution in [0.15, 0.2) is 36.7 Å². The lowest BCUT2D eigenvalue weighted by molar-refractivity contribution is 0.300. The number of nitrogens with one attached hydrogen (secondary N) is 1. The van der Waals surface area contributed by atoms with Crippen LogP contribution in [-0.4, -0.2) is 36.1 Å². The van der Waals surface area contributed by atoms with Crippen molar-refractivity contribution < 1.29 is 4.74 Å². The summed E-state index contributed by atoms with van der Waals surface area (Å²) in [5.74, 6) is 0.786. The van der Waals surface area contributed by atoms with Crippen LogP contribution in [0.4, 0.5) is 5.69 Å². The smallest absolute Gasteiger partial charge is 0.140 e. The molecular formula is C16H20N4O. The van der Waals surface area contributed by atoms with Crippen LogP contribution in [0, 0.1) is 6.92 Å². The number of pyridine rings is 2. The van der Waals surface area contributed by atoms with Crippen molar-refractivity contribution >= 4 is 5.69 Å². The lowest BCUT2D eigenvalue weighted by Crippen LogP contribution is -2.43. The molecule has 3 rings (SSSR count). The van der Waals surface area contributed by atoms with Crippen LogP contribution < -0.4 is 15.0 Å². The van der Waals surface area contributed by atoms with Gasteiger partial charge in [0.15, 0.2) is 0 Å². The van der Waals surface area contributed by atoms with E-state index in [1.54, 1.807) is 6.20 Å². The van der Waals surface area contributed by atoms with Crippen molar-refractivity contribution in [2.75, 3.05) is 31.1 Å². The highest BCUT2D eigenvalue weighted by molar-refractivity contribution is 5.48. The second-order valence-electron chi connectivity index (χ2n) is 5.17. The Kier molecular flexibility index (Phi) is 4.31. The molecule has 5 heteroatoms. The Labute approximate surface area is 125 Å². The van der Waals surface area contributed by atoms with Crippen LogP contribution in [0.5, 0.6) is 5.75 Å². The maximum Gasteiger partial charge on any atom is 0.140 e. The lowest BCUT2D eigenvalue weighted by Gasteiger charge is -2.29. The molecule has 0 radical (unpaired) electrons. The molecule has 0 bridgehead atoms. The van der Waals surface area contributed by atoms with Gasteiger partial charge in [0.05, 0.1) is 23.8 Å². The topological polar surface area (TPSA) is 50.3 Å². The molecular weight excluding hydrogens is 264 g/mol. The molecule has 1 N–H and O–H groups in total. The molecule has 21 heavy (non-hydrogen) atoms. The van der Waals surface area contributed by atoms with Crippen molar-refractivity contribution in [2.24, 2.45) is 0 Å². The Balaban J connectivity index is 1.65. The van der Waals surface area contributed by atoms with Crippen molar-refractivity contribution in [3.05, 3.63) is 48.0 Å². The lowest BCUT2D eigenvalue weighted by atomic mass is 10.3. The molecule has 0 saturated carbocycles. The Morgan fingerprint density at radius 3 is 2.90 bits per heavy atom. The summed E-state index contributed by atoms with van der Waals surface area (Å²) in [6.07, 6.45) is 3.64. The van der Waals surface area contributed by atoms with Gasteiger partial charge in [-0.3, -0.25) is 9.97 Å². The van der Waals surface area contributed by atoms with Crippen molar-refractivity contribution in [1.29, 1.82) is 0 Å². The number of ether oxygens (including phenoxy) is 1. The highest BCUT2D eigenvalue weighted by Crippen LogP contribution is 2.20. The fourth-order valence-corrected chi connectivity index (χ4v) is 2.42. The van der Waals surface area contributed by atoms with E-state index in [0.717, 1.165) is 49.0 Å². The number of hydrogen-bond donors (Lipinski definition) is 1. The second kappa shape index (κ2) is 6.54. The van der Waals surface area contributed by atoms with Crippen LogP contribution in [0.2, 0.25) is 0 Å². The Morgan fingerprint density at radius 2 is 2.10 bits per heavy atom. The van der Waals surface area contributed by atoms with Crippen LogP contribution in [-0.2, 0) is 6.61 Å². The third-order valence-corrected chi connectivity index (χ3v) is 3.51. The summed E-state index contributed by atoms with van der Waals surface area (Å²) in [5, 5.41) is 3.35. The largest absolute Gasteiger partial charge is 0.486 e. The minimum absolute atomic E-state index is 0.467. The van der Waals surface area contributed by atoms with E-state index in [-0.39, 0.29) is 0 Å². The van der Waals surface area contributed by atoms with Gasteiger partial charge in [0.1, 0.15) is 12.4 Å². The molecule has 110 valence electrons. The first-order valence-electron chi connectivity index (χ1n) is 7.27. The molecule has 5 nitrogen and oxygen atoms in total. The average Bonchev–Trinajstić information content (AvgIpc) is 2.54. The normalized spacial score (nSPS) is 15.0. The molecule has 3 heterocycles. The summed E-state index contributed by atoms with van der Waals surface area (Å²) in [6.45, 7) is 6.48. The molecule has 2 aromatic rings. The van der Waals surface area contributed by atoms with E-state index in [1.807, 2.05) is 37.4 Å². The molecule has 1 aliphatic rings. The monoisotopic (exact) mass is 284 g/mol. The SMILES string of the molecule is Cc1cccc(COc2cncc(N3CCNCC3)c2)n1. The zero-order valence-corrected chi connectivity index (χ0v) is 12.2. The summed E-state index contributed by atoms with van der Waals surface area (Å²) < 4.78 is 5.81. The first-order valence-corrected chi connectivity index (χ1v) is 7.27. The number of anilines is 1.